The Balaban J connectivity index is 2.34. The average Bonchev–Trinajstić information content (AvgIpc) is 2.87. The number of carboxylic acid groups (broad SMARTS) is 1. The maximum absolute atomic E-state index is 10.7. The molecule has 74 valence electrons. The third-order valence-corrected chi connectivity index (χ3v) is 2.59. The van der Waals surface area contributed by atoms with Gasteiger partial charge in [0.2, 0.25) is 0 Å². The van der Waals surface area contributed by atoms with Crippen molar-refractivity contribution in [3.8, 4) is 0 Å². The van der Waals surface area contributed by atoms with E-state index in [1.54, 1.807) is 0 Å². The minimum atomic E-state index is -0.818. The molecule has 0 aromatic heterocycles. The Kier molecular flexibility index (Phi) is 4.03. The summed E-state index contributed by atoms with van der Waals surface area (Å²) < 4.78 is 0. The Labute approximate surface area is 86.7 Å². The summed E-state index contributed by atoms with van der Waals surface area (Å²) in [6.45, 7) is 0.318. The zero-order chi connectivity index (χ0) is 9.84. The van der Waals surface area contributed by atoms with Gasteiger partial charge in [-0.3, -0.25) is 10.1 Å². The second-order valence-electron chi connectivity index (χ2n) is 3.09. The summed E-state index contributed by atoms with van der Waals surface area (Å²) >= 11 is 10.9. The molecule has 0 spiro atoms. The Morgan fingerprint density at radius 3 is 2.69 bits per heavy atom. The van der Waals surface area contributed by atoms with Crippen LogP contribution in [0.5, 0.6) is 0 Å². The van der Waals surface area contributed by atoms with Crippen LogP contribution in [0.3, 0.4) is 0 Å². The van der Waals surface area contributed by atoms with Crippen LogP contribution in [-0.2, 0) is 4.79 Å². The summed E-state index contributed by atoms with van der Waals surface area (Å²) in [6.07, 6.45) is 1.96. The SMILES string of the molecule is O=C(O)C(NCC(Cl)=CCl)C1CC1. The second kappa shape index (κ2) is 4.84. The highest BCUT2D eigenvalue weighted by molar-refractivity contribution is 6.36. The van der Waals surface area contributed by atoms with Gasteiger partial charge in [0.15, 0.2) is 0 Å². The molecule has 0 aromatic carbocycles. The summed E-state index contributed by atoms with van der Waals surface area (Å²) in [7, 11) is 0. The van der Waals surface area contributed by atoms with Gasteiger partial charge in [-0.05, 0) is 18.8 Å². The van der Waals surface area contributed by atoms with Crippen LogP contribution in [0.4, 0.5) is 0 Å². The number of carboxylic acids is 1. The zero-order valence-electron chi connectivity index (χ0n) is 6.96. The van der Waals surface area contributed by atoms with E-state index in [1.165, 1.54) is 5.54 Å². The lowest BCUT2D eigenvalue weighted by molar-refractivity contribution is -0.140. The van der Waals surface area contributed by atoms with Crippen LogP contribution in [0.1, 0.15) is 12.8 Å². The minimum absolute atomic E-state index is 0.261. The first-order valence-corrected chi connectivity index (χ1v) is 4.87. The van der Waals surface area contributed by atoms with Crippen LogP contribution in [-0.4, -0.2) is 23.7 Å². The molecule has 0 amide bonds. The molecule has 0 aliphatic heterocycles. The van der Waals surface area contributed by atoms with E-state index < -0.39 is 12.0 Å². The first-order chi connectivity index (χ1) is 6.15. The average molecular weight is 224 g/mol. The smallest absolute Gasteiger partial charge is 0.320 e. The Bertz CT molecular complexity index is 226. The highest BCUT2D eigenvalue weighted by Crippen LogP contribution is 2.32. The molecule has 1 unspecified atom stereocenters. The molecule has 13 heavy (non-hydrogen) atoms. The number of rotatable bonds is 5. The number of halogens is 2. The van der Waals surface area contributed by atoms with Crippen LogP contribution in [0, 0.1) is 5.92 Å². The molecule has 1 rings (SSSR count). The Morgan fingerprint density at radius 2 is 2.31 bits per heavy atom. The molecule has 1 saturated carbocycles. The maximum atomic E-state index is 10.7. The fourth-order valence-electron chi connectivity index (χ4n) is 1.13. The van der Waals surface area contributed by atoms with Gasteiger partial charge in [-0.15, -0.1) is 0 Å². The maximum Gasteiger partial charge on any atom is 0.320 e. The molecule has 0 bridgehead atoms. The van der Waals surface area contributed by atoms with Gasteiger partial charge in [0, 0.05) is 17.1 Å². The third kappa shape index (κ3) is 3.55. The lowest BCUT2D eigenvalue weighted by atomic mass is 10.2. The molecule has 1 aliphatic carbocycles. The van der Waals surface area contributed by atoms with E-state index in [0.717, 1.165) is 12.8 Å². The highest BCUT2D eigenvalue weighted by Gasteiger charge is 2.35. The summed E-state index contributed by atoms with van der Waals surface area (Å²) in [5.41, 5.74) is 1.24. The number of nitrogens with one attached hydrogen (secondary N) is 1. The number of hydrogen-bond acceptors (Lipinski definition) is 2. The molecule has 1 atom stereocenters. The molecule has 0 heterocycles. The van der Waals surface area contributed by atoms with Crippen molar-refractivity contribution in [2.75, 3.05) is 6.54 Å². The van der Waals surface area contributed by atoms with Crippen LogP contribution < -0.4 is 5.32 Å². The Hall–Kier alpha value is -0.250. The number of carbonyl (C=O) groups is 1. The highest BCUT2D eigenvalue weighted by atomic mass is 35.5. The second-order valence-corrected chi connectivity index (χ2v) is 3.79. The van der Waals surface area contributed by atoms with Gasteiger partial charge in [0.1, 0.15) is 6.04 Å². The van der Waals surface area contributed by atoms with Crippen molar-refractivity contribution < 1.29 is 9.90 Å². The molecule has 5 heteroatoms. The van der Waals surface area contributed by atoms with Crippen molar-refractivity contribution in [1.82, 2.24) is 5.32 Å². The van der Waals surface area contributed by atoms with Crippen molar-refractivity contribution in [2.45, 2.75) is 18.9 Å². The van der Waals surface area contributed by atoms with Gasteiger partial charge in [-0.25, -0.2) is 0 Å². The van der Waals surface area contributed by atoms with Crippen molar-refractivity contribution in [2.24, 2.45) is 5.92 Å². The standard InChI is InChI=1S/C8H11Cl2NO2/c9-3-6(10)4-11-7(8(12)13)5-1-2-5/h3,5,7,11H,1-2,4H2,(H,12,13). The normalized spacial score (nSPS) is 20.0. The van der Waals surface area contributed by atoms with Gasteiger partial charge < -0.3 is 5.11 Å². The molecular weight excluding hydrogens is 213 g/mol. The first-order valence-electron chi connectivity index (χ1n) is 4.06. The minimum Gasteiger partial charge on any atom is -0.480 e. The quantitative estimate of drug-likeness (QED) is 0.747. The molecule has 3 nitrogen and oxygen atoms in total. The molecule has 1 aliphatic rings. The molecule has 0 radical (unpaired) electrons. The first kappa shape index (κ1) is 10.8. The van der Waals surface area contributed by atoms with Gasteiger partial charge in [0.25, 0.3) is 0 Å². The molecule has 1 fully saturated rings. The van der Waals surface area contributed by atoms with E-state index in [9.17, 15) is 4.79 Å². The predicted molar refractivity (Wildman–Crippen MR) is 51.9 cm³/mol. The van der Waals surface area contributed by atoms with E-state index >= 15 is 0 Å². The summed E-state index contributed by atoms with van der Waals surface area (Å²) in [5.74, 6) is -0.557. The summed E-state index contributed by atoms with van der Waals surface area (Å²) in [5, 5.41) is 12.1. The van der Waals surface area contributed by atoms with Crippen LogP contribution in [0.2, 0.25) is 0 Å². The van der Waals surface area contributed by atoms with Crippen molar-refractivity contribution in [3.05, 3.63) is 10.6 Å². The van der Waals surface area contributed by atoms with Crippen molar-refractivity contribution >= 4 is 29.2 Å². The van der Waals surface area contributed by atoms with Crippen LogP contribution in [0.25, 0.3) is 0 Å². The molecule has 2 N–H and O–H groups in total. The van der Waals surface area contributed by atoms with Crippen LogP contribution in [0.15, 0.2) is 10.6 Å². The van der Waals surface area contributed by atoms with Crippen LogP contribution >= 0.6 is 23.2 Å². The third-order valence-electron chi connectivity index (χ3n) is 1.97. The monoisotopic (exact) mass is 223 g/mol. The van der Waals surface area contributed by atoms with Crippen molar-refractivity contribution in [1.29, 1.82) is 0 Å². The topological polar surface area (TPSA) is 49.3 Å². The van der Waals surface area contributed by atoms with E-state index in [1.807, 2.05) is 0 Å². The molecule has 0 aromatic rings. The Morgan fingerprint density at radius 1 is 1.69 bits per heavy atom. The molecular formula is C8H11Cl2NO2. The summed E-state index contributed by atoms with van der Waals surface area (Å²) in [4.78, 5) is 10.7. The van der Waals surface area contributed by atoms with E-state index in [2.05, 4.69) is 5.32 Å². The predicted octanol–water partition coefficient (Wildman–Crippen LogP) is 1.76. The van der Waals surface area contributed by atoms with Crippen molar-refractivity contribution in [3.63, 3.8) is 0 Å². The summed E-state index contributed by atoms with van der Waals surface area (Å²) in [6, 6.07) is -0.481. The number of hydrogen-bond donors (Lipinski definition) is 2. The lowest BCUT2D eigenvalue weighted by Gasteiger charge is -2.12. The van der Waals surface area contributed by atoms with Gasteiger partial charge in [0.05, 0.1) is 0 Å². The fourth-order valence-corrected chi connectivity index (χ4v) is 1.29. The number of aliphatic carboxylic acids is 1. The van der Waals surface area contributed by atoms with E-state index in [-0.39, 0.29) is 5.92 Å². The zero-order valence-corrected chi connectivity index (χ0v) is 8.48. The lowest BCUT2D eigenvalue weighted by Crippen LogP contribution is -2.39. The largest absolute Gasteiger partial charge is 0.480 e. The van der Waals surface area contributed by atoms with E-state index in [4.69, 9.17) is 28.3 Å². The van der Waals surface area contributed by atoms with Gasteiger partial charge in [-0.2, -0.15) is 0 Å². The molecule has 0 saturated heterocycles. The van der Waals surface area contributed by atoms with Gasteiger partial charge in [-0.1, -0.05) is 23.2 Å². The fraction of sp³-hybridized carbons (Fsp3) is 0.625. The van der Waals surface area contributed by atoms with Gasteiger partial charge >= 0.3 is 5.97 Å². The van der Waals surface area contributed by atoms with E-state index in [0.29, 0.717) is 11.6 Å².